The van der Waals surface area contributed by atoms with Gasteiger partial charge < -0.3 is 9.64 Å². The van der Waals surface area contributed by atoms with Gasteiger partial charge in [0.2, 0.25) is 5.91 Å². The Morgan fingerprint density at radius 2 is 1.61 bits per heavy atom. The molecule has 0 aliphatic carbocycles. The third-order valence-corrected chi connectivity index (χ3v) is 2.85. The fourth-order valence-corrected chi connectivity index (χ4v) is 1.78. The molecule has 7 heteroatoms. The van der Waals surface area contributed by atoms with Crippen molar-refractivity contribution in [3.63, 3.8) is 0 Å². The number of rotatable bonds is 4. The van der Waals surface area contributed by atoms with Crippen LogP contribution in [0.3, 0.4) is 0 Å². The van der Waals surface area contributed by atoms with Gasteiger partial charge in [-0.25, -0.2) is 0 Å². The highest BCUT2D eigenvalue weighted by molar-refractivity contribution is 5.83. The maximum absolute atomic E-state index is 12.5. The Bertz CT molecular complexity index is 559. The molecule has 0 radical (unpaired) electrons. The Hall–Kier alpha value is -2.05. The van der Waals surface area contributed by atoms with Crippen LogP contribution in [0.15, 0.2) is 24.3 Å². The Kier molecular flexibility index (Phi) is 5.80. The number of hydrogen-bond acceptors (Lipinski definition) is 3. The van der Waals surface area contributed by atoms with Crippen molar-refractivity contribution >= 4 is 11.9 Å². The molecule has 0 N–H and O–H groups in total. The van der Waals surface area contributed by atoms with Crippen molar-refractivity contribution in [2.75, 3.05) is 13.6 Å². The van der Waals surface area contributed by atoms with Gasteiger partial charge >= 0.3 is 12.1 Å². The van der Waals surface area contributed by atoms with Crippen LogP contribution >= 0.6 is 0 Å². The minimum Gasteiger partial charge on any atom is -0.459 e. The Labute approximate surface area is 133 Å². The molecule has 0 atom stereocenters. The number of ether oxygens (including phenoxy) is 1. The van der Waals surface area contributed by atoms with Crippen LogP contribution in [-0.2, 0) is 26.9 Å². The van der Waals surface area contributed by atoms with Gasteiger partial charge in [-0.1, -0.05) is 12.1 Å². The molecule has 0 unspecified atom stereocenters. The zero-order valence-electron chi connectivity index (χ0n) is 13.5. The standard InChI is InChI=1S/C16H20F3NO3/c1-15(2,3)23-14(22)10-20(4)13(21)9-11-5-7-12(8-6-11)16(17,18)19/h5-8H,9-10H2,1-4H3. The summed E-state index contributed by atoms with van der Waals surface area (Å²) in [6.45, 7) is 4.94. The Morgan fingerprint density at radius 3 is 2.04 bits per heavy atom. The minimum atomic E-state index is -4.41. The third-order valence-electron chi connectivity index (χ3n) is 2.85. The molecule has 0 aliphatic rings. The first-order valence-electron chi connectivity index (χ1n) is 7.00. The molecule has 128 valence electrons. The van der Waals surface area contributed by atoms with E-state index in [1.54, 1.807) is 20.8 Å². The first-order valence-corrected chi connectivity index (χ1v) is 7.00. The van der Waals surface area contributed by atoms with Crippen LogP contribution in [0.1, 0.15) is 31.9 Å². The van der Waals surface area contributed by atoms with Gasteiger partial charge in [0.15, 0.2) is 0 Å². The summed E-state index contributed by atoms with van der Waals surface area (Å²) in [4.78, 5) is 24.8. The van der Waals surface area contributed by atoms with E-state index in [9.17, 15) is 22.8 Å². The van der Waals surface area contributed by atoms with E-state index in [-0.39, 0.29) is 18.9 Å². The maximum atomic E-state index is 12.5. The molecule has 0 saturated heterocycles. The molecule has 0 bridgehead atoms. The molecular formula is C16H20F3NO3. The molecule has 1 aromatic rings. The number of benzene rings is 1. The number of alkyl halides is 3. The highest BCUT2D eigenvalue weighted by Gasteiger charge is 2.30. The zero-order valence-corrected chi connectivity index (χ0v) is 13.5. The molecule has 1 rings (SSSR count). The van der Waals surface area contributed by atoms with Crippen molar-refractivity contribution in [3.8, 4) is 0 Å². The van der Waals surface area contributed by atoms with E-state index < -0.39 is 23.3 Å². The number of hydrogen-bond donors (Lipinski definition) is 0. The van der Waals surface area contributed by atoms with Crippen molar-refractivity contribution < 1.29 is 27.5 Å². The number of nitrogens with zero attached hydrogens (tertiary/aromatic N) is 1. The molecule has 1 amide bonds. The number of halogens is 3. The van der Waals surface area contributed by atoms with Crippen LogP contribution in [0.25, 0.3) is 0 Å². The van der Waals surface area contributed by atoms with E-state index in [0.717, 1.165) is 12.1 Å². The van der Waals surface area contributed by atoms with Gasteiger partial charge in [0.05, 0.1) is 12.0 Å². The predicted molar refractivity (Wildman–Crippen MR) is 78.6 cm³/mol. The molecule has 0 spiro atoms. The third kappa shape index (κ3) is 6.71. The van der Waals surface area contributed by atoms with Crippen LogP contribution in [0.5, 0.6) is 0 Å². The fraction of sp³-hybridized carbons (Fsp3) is 0.500. The van der Waals surface area contributed by atoms with Crippen molar-refractivity contribution in [2.45, 2.75) is 39.0 Å². The average Bonchev–Trinajstić information content (AvgIpc) is 2.35. The number of amides is 1. The van der Waals surface area contributed by atoms with Crippen molar-refractivity contribution in [3.05, 3.63) is 35.4 Å². The number of carbonyl (C=O) groups excluding carboxylic acids is 2. The summed E-state index contributed by atoms with van der Waals surface area (Å²) in [5.41, 5.74) is -0.969. The van der Waals surface area contributed by atoms with E-state index in [1.165, 1.54) is 24.1 Å². The number of carbonyl (C=O) groups is 2. The smallest absolute Gasteiger partial charge is 0.416 e. The number of likely N-dealkylation sites (N-methyl/N-ethyl adjacent to an activating group) is 1. The summed E-state index contributed by atoms with van der Waals surface area (Å²) >= 11 is 0. The monoisotopic (exact) mass is 331 g/mol. The summed E-state index contributed by atoms with van der Waals surface area (Å²) in [7, 11) is 1.44. The quantitative estimate of drug-likeness (QED) is 0.797. The second kappa shape index (κ2) is 7.02. The molecule has 4 nitrogen and oxygen atoms in total. The van der Waals surface area contributed by atoms with E-state index in [0.29, 0.717) is 5.56 Å². The fourth-order valence-electron chi connectivity index (χ4n) is 1.78. The summed E-state index contributed by atoms with van der Waals surface area (Å²) < 4.78 is 42.5. The first kappa shape index (κ1) is 19.0. The molecule has 0 aromatic heterocycles. The van der Waals surface area contributed by atoms with E-state index in [1.807, 2.05) is 0 Å². The normalized spacial score (nSPS) is 12.0. The molecule has 0 aliphatic heterocycles. The van der Waals surface area contributed by atoms with E-state index in [4.69, 9.17) is 4.74 Å². The summed E-state index contributed by atoms with van der Waals surface area (Å²) in [6, 6.07) is 4.36. The van der Waals surface area contributed by atoms with Crippen LogP contribution in [-0.4, -0.2) is 36.0 Å². The van der Waals surface area contributed by atoms with Crippen molar-refractivity contribution in [1.82, 2.24) is 4.90 Å². The van der Waals surface area contributed by atoms with Crippen LogP contribution in [0.2, 0.25) is 0 Å². The predicted octanol–water partition coefficient (Wildman–Crippen LogP) is 3.05. The van der Waals surface area contributed by atoms with Crippen LogP contribution < -0.4 is 0 Å². The van der Waals surface area contributed by atoms with Crippen LogP contribution in [0, 0.1) is 0 Å². The van der Waals surface area contributed by atoms with Gasteiger partial charge in [-0.3, -0.25) is 9.59 Å². The average molecular weight is 331 g/mol. The SMILES string of the molecule is CN(CC(=O)OC(C)(C)C)C(=O)Cc1ccc(C(F)(F)F)cc1. The van der Waals surface area contributed by atoms with Crippen LogP contribution in [0.4, 0.5) is 13.2 Å². The van der Waals surface area contributed by atoms with Gasteiger partial charge in [-0.2, -0.15) is 13.2 Å². The lowest BCUT2D eigenvalue weighted by molar-refractivity contribution is -0.158. The van der Waals surface area contributed by atoms with Gasteiger partial charge in [0, 0.05) is 7.05 Å². The summed E-state index contributed by atoms with van der Waals surface area (Å²) in [5, 5.41) is 0. The molecule has 0 saturated carbocycles. The zero-order chi connectivity index (χ0) is 17.8. The van der Waals surface area contributed by atoms with Gasteiger partial charge in [0.25, 0.3) is 0 Å². The summed E-state index contributed by atoms with van der Waals surface area (Å²) in [5.74, 6) is -0.920. The van der Waals surface area contributed by atoms with Gasteiger partial charge in [-0.05, 0) is 38.5 Å². The molecular weight excluding hydrogens is 311 g/mol. The van der Waals surface area contributed by atoms with Crippen molar-refractivity contribution in [1.29, 1.82) is 0 Å². The lowest BCUT2D eigenvalue weighted by Crippen LogP contribution is -2.36. The highest BCUT2D eigenvalue weighted by atomic mass is 19.4. The lowest BCUT2D eigenvalue weighted by Gasteiger charge is -2.22. The topological polar surface area (TPSA) is 46.6 Å². The second-order valence-electron chi connectivity index (χ2n) is 6.21. The first-order chi connectivity index (χ1) is 10.4. The molecule has 23 heavy (non-hydrogen) atoms. The Morgan fingerprint density at radius 1 is 1.09 bits per heavy atom. The van der Waals surface area contributed by atoms with Crippen molar-refractivity contribution in [2.24, 2.45) is 0 Å². The van der Waals surface area contributed by atoms with E-state index >= 15 is 0 Å². The highest BCUT2D eigenvalue weighted by Crippen LogP contribution is 2.29. The van der Waals surface area contributed by atoms with Gasteiger partial charge in [0.1, 0.15) is 12.1 Å². The number of esters is 1. The second-order valence-corrected chi connectivity index (χ2v) is 6.21. The molecule has 1 aromatic carbocycles. The molecule has 0 fully saturated rings. The van der Waals surface area contributed by atoms with E-state index in [2.05, 4.69) is 0 Å². The maximum Gasteiger partial charge on any atom is 0.416 e. The lowest BCUT2D eigenvalue weighted by atomic mass is 10.1. The minimum absolute atomic E-state index is 0.0859. The largest absolute Gasteiger partial charge is 0.459 e. The summed E-state index contributed by atoms with van der Waals surface area (Å²) in [6.07, 6.45) is -4.49. The van der Waals surface area contributed by atoms with Gasteiger partial charge in [-0.15, -0.1) is 0 Å². The Balaban J connectivity index is 2.60. The molecule has 0 heterocycles.